The lowest BCUT2D eigenvalue weighted by atomic mass is 10.3. The minimum Gasteiger partial charge on any atom is -0.497 e. The summed E-state index contributed by atoms with van der Waals surface area (Å²) in [6, 6.07) is 14.3. The molecule has 0 saturated heterocycles. The Morgan fingerprint density at radius 1 is 0.947 bits per heavy atom. The lowest BCUT2D eigenvalue weighted by Crippen LogP contribution is -2.14. The molecule has 0 spiro atoms. The third-order valence-electron chi connectivity index (χ3n) is 2.73. The Kier molecular flexibility index (Phi) is 4.61. The highest BCUT2D eigenvalue weighted by Gasteiger charge is 1.98. The largest absolute Gasteiger partial charge is 0.497 e. The molecule has 0 amide bonds. The van der Waals surface area contributed by atoms with E-state index >= 15 is 0 Å². The molecule has 0 saturated carbocycles. The third-order valence-corrected chi connectivity index (χ3v) is 2.73. The normalized spacial score (nSPS) is 10.0. The number of nitrogens with one attached hydrogen (secondary N) is 2. The van der Waals surface area contributed by atoms with E-state index in [0.29, 0.717) is 18.8 Å². The predicted octanol–water partition coefficient (Wildman–Crippen LogP) is 3.36. The fourth-order valence-electron chi connectivity index (χ4n) is 1.72. The van der Waals surface area contributed by atoms with E-state index in [-0.39, 0.29) is 5.82 Å². The van der Waals surface area contributed by atoms with Crippen LogP contribution < -0.4 is 15.4 Å². The van der Waals surface area contributed by atoms with Gasteiger partial charge in [0.1, 0.15) is 11.6 Å². The molecular formula is C15H17FN2O. The molecule has 100 valence electrons. The first-order valence-corrected chi connectivity index (χ1v) is 6.16. The summed E-state index contributed by atoms with van der Waals surface area (Å²) in [5, 5.41) is 6.29. The predicted molar refractivity (Wildman–Crippen MR) is 76.4 cm³/mol. The standard InChI is InChI=1S/C15H17FN2O/c1-19-13-8-6-12(7-9-13)17-10-11-18-15-5-3-2-4-14(15)16/h2-9,17-18H,10-11H2,1H3. The van der Waals surface area contributed by atoms with E-state index in [2.05, 4.69) is 10.6 Å². The van der Waals surface area contributed by atoms with Crippen LogP contribution in [0.4, 0.5) is 15.8 Å². The van der Waals surface area contributed by atoms with Gasteiger partial charge in [0.05, 0.1) is 12.8 Å². The van der Waals surface area contributed by atoms with Gasteiger partial charge in [-0.05, 0) is 36.4 Å². The van der Waals surface area contributed by atoms with Crippen molar-refractivity contribution in [1.82, 2.24) is 0 Å². The van der Waals surface area contributed by atoms with Gasteiger partial charge >= 0.3 is 0 Å². The maximum Gasteiger partial charge on any atom is 0.146 e. The van der Waals surface area contributed by atoms with Crippen LogP contribution in [0, 0.1) is 5.82 Å². The average Bonchev–Trinajstić information content (AvgIpc) is 2.46. The summed E-state index contributed by atoms with van der Waals surface area (Å²) in [4.78, 5) is 0. The monoisotopic (exact) mass is 260 g/mol. The molecule has 0 aliphatic carbocycles. The first-order chi connectivity index (χ1) is 9.29. The van der Waals surface area contributed by atoms with Gasteiger partial charge in [0, 0.05) is 18.8 Å². The van der Waals surface area contributed by atoms with Crippen molar-refractivity contribution in [3.05, 3.63) is 54.3 Å². The average molecular weight is 260 g/mol. The van der Waals surface area contributed by atoms with Gasteiger partial charge in [0.25, 0.3) is 0 Å². The molecule has 0 bridgehead atoms. The van der Waals surface area contributed by atoms with Crippen LogP contribution in [0.5, 0.6) is 5.75 Å². The number of hydrogen-bond donors (Lipinski definition) is 2. The van der Waals surface area contributed by atoms with Crippen LogP contribution >= 0.6 is 0 Å². The molecule has 2 rings (SSSR count). The van der Waals surface area contributed by atoms with Gasteiger partial charge in [-0.1, -0.05) is 12.1 Å². The van der Waals surface area contributed by atoms with Gasteiger partial charge in [0.2, 0.25) is 0 Å². The zero-order valence-corrected chi connectivity index (χ0v) is 10.8. The van der Waals surface area contributed by atoms with E-state index in [1.807, 2.05) is 30.3 Å². The fourth-order valence-corrected chi connectivity index (χ4v) is 1.72. The number of methoxy groups -OCH3 is 1. The summed E-state index contributed by atoms with van der Waals surface area (Å²) in [6.07, 6.45) is 0. The van der Waals surface area contributed by atoms with E-state index in [1.54, 1.807) is 19.2 Å². The Balaban J connectivity index is 1.76. The maximum absolute atomic E-state index is 13.3. The Bertz CT molecular complexity index is 514. The number of para-hydroxylation sites is 1. The van der Waals surface area contributed by atoms with Crippen molar-refractivity contribution in [3.8, 4) is 5.75 Å². The van der Waals surface area contributed by atoms with Crippen molar-refractivity contribution in [2.24, 2.45) is 0 Å². The molecule has 0 heterocycles. The molecule has 0 aliphatic rings. The molecule has 2 N–H and O–H groups in total. The quantitative estimate of drug-likeness (QED) is 0.781. The van der Waals surface area contributed by atoms with E-state index < -0.39 is 0 Å². The molecule has 3 nitrogen and oxygen atoms in total. The number of ether oxygens (including phenoxy) is 1. The highest BCUT2D eigenvalue weighted by molar-refractivity contribution is 5.47. The zero-order chi connectivity index (χ0) is 13.5. The first-order valence-electron chi connectivity index (χ1n) is 6.16. The van der Waals surface area contributed by atoms with Crippen molar-refractivity contribution in [2.75, 3.05) is 30.8 Å². The topological polar surface area (TPSA) is 33.3 Å². The molecule has 0 atom stereocenters. The van der Waals surface area contributed by atoms with Crippen molar-refractivity contribution in [2.45, 2.75) is 0 Å². The minimum atomic E-state index is -0.230. The highest BCUT2D eigenvalue weighted by atomic mass is 19.1. The number of hydrogen-bond acceptors (Lipinski definition) is 3. The number of rotatable bonds is 6. The third kappa shape index (κ3) is 3.88. The van der Waals surface area contributed by atoms with E-state index in [1.165, 1.54) is 6.07 Å². The second-order valence-corrected chi connectivity index (χ2v) is 4.06. The Labute approximate surface area is 112 Å². The summed E-state index contributed by atoms with van der Waals surface area (Å²) in [6.45, 7) is 1.35. The molecule has 0 radical (unpaired) electrons. The molecule has 0 unspecified atom stereocenters. The van der Waals surface area contributed by atoms with Crippen molar-refractivity contribution >= 4 is 11.4 Å². The summed E-state index contributed by atoms with van der Waals surface area (Å²) < 4.78 is 18.4. The van der Waals surface area contributed by atoms with Crippen LogP contribution in [-0.4, -0.2) is 20.2 Å². The summed E-state index contributed by atoms with van der Waals surface area (Å²) in [5.41, 5.74) is 1.54. The lowest BCUT2D eigenvalue weighted by molar-refractivity contribution is 0.415. The summed E-state index contributed by atoms with van der Waals surface area (Å²) in [7, 11) is 1.64. The fraction of sp³-hybridized carbons (Fsp3) is 0.200. The Morgan fingerprint density at radius 2 is 1.63 bits per heavy atom. The van der Waals surface area contributed by atoms with Gasteiger partial charge in [-0.25, -0.2) is 4.39 Å². The molecule has 0 aromatic heterocycles. The van der Waals surface area contributed by atoms with E-state index in [4.69, 9.17) is 4.74 Å². The van der Waals surface area contributed by atoms with Crippen molar-refractivity contribution < 1.29 is 9.13 Å². The van der Waals surface area contributed by atoms with E-state index in [0.717, 1.165) is 11.4 Å². The molecule has 2 aromatic rings. The summed E-state index contributed by atoms with van der Waals surface area (Å²) >= 11 is 0. The van der Waals surface area contributed by atoms with Crippen LogP contribution in [-0.2, 0) is 0 Å². The smallest absolute Gasteiger partial charge is 0.146 e. The van der Waals surface area contributed by atoms with Crippen LogP contribution in [0.1, 0.15) is 0 Å². The molecule has 0 fully saturated rings. The molecule has 19 heavy (non-hydrogen) atoms. The van der Waals surface area contributed by atoms with Crippen LogP contribution in [0.2, 0.25) is 0 Å². The van der Waals surface area contributed by atoms with Gasteiger partial charge < -0.3 is 15.4 Å². The number of halogens is 1. The van der Waals surface area contributed by atoms with E-state index in [9.17, 15) is 4.39 Å². The first kappa shape index (κ1) is 13.2. The zero-order valence-electron chi connectivity index (χ0n) is 10.8. The van der Waals surface area contributed by atoms with Gasteiger partial charge in [-0.2, -0.15) is 0 Å². The SMILES string of the molecule is COc1ccc(NCCNc2ccccc2F)cc1. The molecule has 2 aromatic carbocycles. The molecular weight excluding hydrogens is 243 g/mol. The second-order valence-electron chi connectivity index (χ2n) is 4.06. The maximum atomic E-state index is 13.3. The number of benzene rings is 2. The Hall–Kier alpha value is -2.23. The molecule has 4 heteroatoms. The van der Waals surface area contributed by atoms with Crippen LogP contribution in [0.25, 0.3) is 0 Å². The van der Waals surface area contributed by atoms with Gasteiger partial charge in [-0.3, -0.25) is 0 Å². The second kappa shape index (κ2) is 6.64. The molecule has 0 aliphatic heterocycles. The Morgan fingerprint density at radius 3 is 2.32 bits per heavy atom. The van der Waals surface area contributed by atoms with Gasteiger partial charge in [-0.15, -0.1) is 0 Å². The van der Waals surface area contributed by atoms with Crippen molar-refractivity contribution in [1.29, 1.82) is 0 Å². The van der Waals surface area contributed by atoms with Crippen LogP contribution in [0.3, 0.4) is 0 Å². The summed E-state index contributed by atoms with van der Waals surface area (Å²) in [5.74, 6) is 0.599. The van der Waals surface area contributed by atoms with Crippen LogP contribution in [0.15, 0.2) is 48.5 Å². The highest BCUT2D eigenvalue weighted by Crippen LogP contribution is 2.15. The number of anilines is 2. The van der Waals surface area contributed by atoms with Crippen molar-refractivity contribution in [3.63, 3.8) is 0 Å². The minimum absolute atomic E-state index is 0.230. The van der Waals surface area contributed by atoms with Gasteiger partial charge in [0.15, 0.2) is 0 Å². The lowest BCUT2D eigenvalue weighted by Gasteiger charge is -2.10.